The molecular formula is C15H16B2N4OS. The molecule has 0 aromatic carbocycles. The number of thioether (sulfide) groups is 1. The number of carbonyl (C=O) groups excluding carboxylic acids is 1. The van der Waals surface area contributed by atoms with Crippen molar-refractivity contribution in [1.82, 2.24) is 9.88 Å². The van der Waals surface area contributed by atoms with E-state index >= 15 is 0 Å². The molecule has 3 heterocycles. The Kier molecular flexibility index (Phi) is 4.04. The van der Waals surface area contributed by atoms with Crippen LogP contribution in [0.4, 0.5) is 0 Å². The summed E-state index contributed by atoms with van der Waals surface area (Å²) in [5.74, 6) is -0.0151. The normalized spacial score (nSPS) is 31.0. The second-order valence-corrected chi connectivity index (χ2v) is 7.26. The standard InChI is InChI=1S/C15H16B2N4OS/c1-15(5-12(22)21(2)14(18)20-15)11-4-10(17)13(23-11)8-3-9(16)7-19-6-8/h3-4,6-7,10,13H,5H2,1-2H3,(H2,18,20)/t10?,13?,15-/m0/s1. The molecule has 2 unspecified atom stereocenters. The number of rotatable bonds is 2. The third-order valence-corrected chi connectivity index (χ3v) is 5.83. The van der Waals surface area contributed by atoms with E-state index < -0.39 is 5.54 Å². The van der Waals surface area contributed by atoms with Crippen LogP contribution in [0.2, 0.25) is 5.82 Å². The van der Waals surface area contributed by atoms with Gasteiger partial charge in [0.1, 0.15) is 13.4 Å². The first-order chi connectivity index (χ1) is 10.8. The molecule has 0 saturated carbocycles. The Balaban J connectivity index is 1.88. The van der Waals surface area contributed by atoms with E-state index in [9.17, 15) is 4.79 Å². The van der Waals surface area contributed by atoms with Crippen molar-refractivity contribution >= 4 is 44.8 Å². The molecule has 2 N–H and O–H groups in total. The van der Waals surface area contributed by atoms with Crippen molar-refractivity contribution in [3.05, 3.63) is 35.0 Å². The Morgan fingerprint density at radius 3 is 2.87 bits per heavy atom. The van der Waals surface area contributed by atoms with Gasteiger partial charge in [-0.15, -0.1) is 11.8 Å². The second-order valence-electron chi connectivity index (χ2n) is 6.07. The van der Waals surface area contributed by atoms with Gasteiger partial charge in [0.2, 0.25) is 5.91 Å². The molecule has 5 nitrogen and oxygen atoms in total. The molecule has 1 aromatic rings. The van der Waals surface area contributed by atoms with Gasteiger partial charge in [0.25, 0.3) is 0 Å². The van der Waals surface area contributed by atoms with Gasteiger partial charge in [0.05, 0.1) is 14.3 Å². The van der Waals surface area contributed by atoms with Crippen LogP contribution in [-0.4, -0.2) is 50.0 Å². The van der Waals surface area contributed by atoms with Crippen LogP contribution >= 0.6 is 11.8 Å². The van der Waals surface area contributed by atoms with Gasteiger partial charge in [-0.2, -0.15) is 0 Å². The van der Waals surface area contributed by atoms with Gasteiger partial charge in [-0.1, -0.05) is 17.6 Å². The highest BCUT2D eigenvalue weighted by Gasteiger charge is 2.42. The van der Waals surface area contributed by atoms with Crippen LogP contribution in [0, 0.1) is 0 Å². The Labute approximate surface area is 142 Å². The minimum atomic E-state index is -0.668. The van der Waals surface area contributed by atoms with E-state index in [-0.39, 0.29) is 29.4 Å². The van der Waals surface area contributed by atoms with Crippen LogP contribution < -0.4 is 11.2 Å². The SMILES string of the molecule is [B]c1cncc(C2SC([C@]3(C)CC(=O)N(C)C(N)=N3)=CC2[B])c1. The molecule has 3 atom stereocenters. The Morgan fingerprint density at radius 1 is 1.48 bits per heavy atom. The molecule has 1 amide bonds. The van der Waals surface area contributed by atoms with Crippen LogP contribution in [-0.2, 0) is 4.79 Å². The Morgan fingerprint density at radius 2 is 2.22 bits per heavy atom. The molecule has 8 heteroatoms. The summed E-state index contributed by atoms with van der Waals surface area (Å²) in [5.41, 5.74) is 6.77. The average molecular weight is 322 g/mol. The largest absolute Gasteiger partial charge is 0.369 e. The lowest BCUT2D eigenvalue weighted by atomic mass is 9.80. The topological polar surface area (TPSA) is 71.6 Å². The van der Waals surface area contributed by atoms with E-state index in [1.807, 2.05) is 19.1 Å². The summed E-state index contributed by atoms with van der Waals surface area (Å²) in [5, 5.41) is 0.00371. The van der Waals surface area contributed by atoms with E-state index in [0.29, 0.717) is 5.46 Å². The highest BCUT2D eigenvalue weighted by Crippen LogP contribution is 2.54. The van der Waals surface area contributed by atoms with Crippen LogP contribution in [0.25, 0.3) is 0 Å². The number of aliphatic imine (C=N–C) groups is 1. The first kappa shape index (κ1) is 16.2. The lowest BCUT2D eigenvalue weighted by Gasteiger charge is -2.34. The predicted molar refractivity (Wildman–Crippen MR) is 95.0 cm³/mol. The number of amides is 1. The molecular weight excluding hydrogens is 306 g/mol. The second kappa shape index (κ2) is 5.74. The Bertz CT molecular complexity index is 723. The van der Waals surface area contributed by atoms with Gasteiger partial charge < -0.3 is 5.73 Å². The summed E-state index contributed by atoms with van der Waals surface area (Å²) < 4.78 is 0. The van der Waals surface area contributed by atoms with Gasteiger partial charge in [0, 0.05) is 29.6 Å². The number of carbonyl (C=O) groups is 1. The maximum Gasteiger partial charge on any atom is 0.231 e. The van der Waals surface area contributed by atoms with Gasteiger partial charge >= 0.3 is 0 Å². The number of hydrogen-bond donors (Lipinski definition) is 1. The minimum absolute atomic E-state index is 0.00371. The number of hydrogen-bond acceptors (Lipinski definition) is 5. The molecule has 0 bridgehead atoms. The molecule has 2 aliphatic heterocycles. The first-order valence-electron chi connectivity index (χ1n) is 7.27. The highest BCUT2D eigenvalue weighted by atomic mass is 32.2. The zero-order valence-electron chi connectivity index (χ0n) is 13.1. The molecule has 1 aromatic heterocycles. The maximum absolute atomic E-state index is 12.1. The highest BCUT2D eigenvalue weighted by molar-refractivity contribution is 8.03. The maximum atomic E-state index is 12.1. The zero-order chi connectivity index (χ0) is 16.8. The first-order valence-corrected chi connectivity index (χ1v) is 8.15. The molecule has 0 saturated heterocycles. The van der Waals surface area contributed by atoms with Crippen molar-refractivity contribution in [3.63, 3.8) is 0 Å². The van der Waals surface area contributed by atoms with Gasteiger partial charge in [-0.25, -0.2) is 4.99 Å². The van der Waals surface area contributed by atoms with E-state index in [1.165, 1.54) is 4.90 Å². The van der Waals surface area contributed by atoms with Crippen molar-refractivity contribution in [1.29, 1.82) is 0 Å². The van der Waals surface area contributed by atoms with E-state index in [1.54, 1.807) is 31.2 Å². The van der Waals surface area contributed by atoms with Crippen molar-refractivity contribution in [2.24, 2.45) is 10.7 Å². The molecule has 0 fully saturated rings. The lowest BCUT2D eigenvalue weighted by molar-refractivity contribution is -0.128. The molecule has 4 radical (unpaired) electrons. The molecule has 3 rings (SSSR count). The number of allylic oxidation sites excluding steroid dienone is 1. The lowest BCUT2D eigenvalue weighted by Crippen LogP contribution is -2.48. The monoisotopic (exact) mass is 322 g/mol. The number of guanidine groups is 1. The van der Waals surface area contributed by atoms with Gasteiger partial charge in [-0.05, 0) is 18.3 Å². The summed E-state index contributed by atoms with van der Waals surface area (Å²) in [4.78, 5) is 23.1. The molecule has 0 spiro atoms. The summed E-state index contributed by atoms with van der Waals surface area (Å²) in [7, 11) is 13.7. The number of aromatic nitrogens is 1. The summed E-state index contributed by atoms with van der Waals surface area (Å²) in [6.07, 6.45) is 5.61. The smallest absolute Gasteiger partial charge is 0.231 e. The van der Waals surface area contributed by atoms with E-state index in [2.05, 4.69) is 9.98 Å². The van der Waals surface area contributed by atoms with Crippen LogP contribution in [0.15, 0.2) is 34.4 Å². The molecule has 23 heavy (non-hydrogen) atoms. The number of nitrogens with zero attached hydrogens (tertiary/aromatic N) is 3. The predicted octanol–water partition coefficient (Wildman–Crippen LogP) is 0.440. The summed E-state index contributed by atoms with van der Waals surface area (Å²) >= 11 is 1.60. The third-order valence-electron chi connectivity index (χ3n) is 4.16. The number of pyridine rings is 1. The van der Waals surface area contributed by atoms with Gasteiger partial charge in [-0.3, -0.25) is 14.7 Å². The summed E-state index contributed by atoms with van der Waals surface area (Å²) in [6, 6.07) is 1.88. The number of nitrogens with two attached hydrogens (primary N) is 1. The molecule has 114 valence electrons. The van der Waals surface area contributed by atoms with E-state index in [0.717, 1.165) is 10.5 Å². The van der Waals surface area contributed by atoms with Crippen molar-refractivity contribution in [2.75, 3.05) is 7.05 Å². The fraction of sp³-hybridized carbons (Fsp3) is 0.400. The fourth-order valence-corrected chi connectivity index (χ4v) is 4.18. The molecule has 2 aliphatic rings. The summed E-state index contributed by atoms with van der Waals surface area (Å²) in [6.45, 7) is 1.91. The average Bonchev–Trinajstić information content (AvgIpc) is 2.87. The third kappa shape index (κ3) is 2.92. The van der Waals surface area contributed by atoms with Crippen LogP contribution in [0.1, 0.15) is 24.2 Å². The Hall–Kier alpha value is -1.69. The quantitative estimate of drug-likeness (QED) is 0.802. The van der Waals surface area contributed by atoms with Crippen molar-refractivity contribution < 1.29 is 4.79 Å². The molecule has 0 aliphatic carbocycles. The zero-order valence-corrected chi connectivity index (χ0v) is 13.9. The van der Waals surface area contributed by atoms with Gasteiger partial charge in [0.15, 0.2) is 5.96 Å². The van der Waals surface area contributed by atoms with E-state index in [4.69, 9.17) is 21.4 Å². The van der Waals surface area contributed by atoms with Crippen molar-refractivity contribution in [2.45, 2.75) is 30.0 Å². The van der Waals surface area contributed by atoms with Crippen molar-refractivity contribution in [3.8, 4) is 0 Å². The minimum Gasteiger partial charge on any atom is -0.369 e. The van der Waals surface area contributed by atoms with Crippen LogP contribution in [0.5, 0.6) is 0 Å². The van der Waals surface area contributed by atoms with Crippen LogP contribution in [0.3, 0.4) is 0 Å². The fourth-order valence-electron chi connectivity index (χ4n) is 2.80.